The molecule has 21 heavy (non-hydrogen) atoms. The zero-order valence-electron chi connectivity index (χ0n) is 13.6. The van der Waals surface area contributed by atoms with E-state index in [0.29, 0.717) is 18.3 Å². The minimum absolute atomic E-state index is 0.325. The maximum absolute atomic E-state index is 10.7. The van der Waals surface area contributed by atoms with Crippen LogP contribution in [-0.4, -0.2) is 21.0 Å². The van der Waals surface area contributed by atoms with Crippen molar-refractivity contribution >= 4 is 11.6 Å². The molecule has 3 unspecified atom stereocenters. The van der Waals surface area contributed by atoms with Gasteiger partial charge in [0.1, 0.15) is 0 Å². The molecule has 1 aromatic rings. The molecule has 1 aliphatic carbocycles. The molecular formula is C17H27ClN2O. The monoisotopic (exact) mass is 310 g/mol. The Morgan fingerprint density at radius 2 is 2.19 bits per heavy atom. The number of aliphatic hydroxyl groups excluding tert-OH is 1. The molecule has 0 saturated carbocycles. The first-order chi connectivity index (χ1) is 9.96. The van der Waals surface area contributed by atoms with Gasteiger partial charge in [0.25, 0.3) is 0 Å². The smallest absolute Gasteiger partial charge is 0.0850 e. The third-order valence-electron chi connectivity index (χ3n) is 4.47. The predicted molar refractivity (Wildman–Crippen MR) is 87.6 cm³/mol. The summed E-state index contributed by atoms with van der Waals surface area (Å²) in [6.07, 6.45) is 5.45. The third-order valence-corrected chi connectivity index (χ3v) is 4.90. The van der Waals surface area contributed by atoms with Crippen molar-refractivity contribution in [3.63, 3.8) is 0 Å². The Hall–Kier alpha value is -0.800. The number of aromatic nitrogens is 2. The van der Waals surface area contributed by atoms with Crippen LogP contribution >= 0.6 is 11.6 Å². The third kappa shape index (κ3) is 3.70. The molecule has 0 aliphatic heterocycles. The molecule has 1 heterocycles. The van der Waals surface area contributed by atoms with Crippen LogP contribution in [0.4, 0.5) is 0 Å². The van der Waals surface area contributed by atoms with Gasteiger partial charge in [-0.3, -0.25) is 4.68 Å². The van der Waals surface area contributed by atoms with E-state index in [0.717, 1.165) is 42.2 Å². The van der Waals surface area contributed by atoms with Crippen molar-refractivity contribution in [3.8, 4) is 0 Å². The molecule has 3 nitrogen and oxygen atoms in total. The van der Waals surface area contributed by atoms with E-state index in [1.807, 2.05) is 4.68 Å². The summed E-state index contributed by atoms with van der Waals surface area (Å²) in [6, 6.07) is 0. The first-order valence-electron chi connectivity index (χ1n) is 8.05. The van der Waals surface area contributed by atoms with Crippen LogP contribution in [-0.2, 0) is 19.4 Å². The quantitative estimate of drug-likeness (QED) is 0.834. The van der Waals surface area contributed by atoms with Crippen LogP contribution in [0.5, 0.6) is 0 Å². The van der Waals surface area contributed by atoms with Gasteiger partial charge in [0.2, 0.25) is 0 Å². The number of rotatable bonds is 5. The predicted octanol–water partition coefficient (Wildman–Crippen LogP) is 4.01. The van der Waals surface area contributed by atoms with E-state index in [4.69, 9.17) is 11.6 Å². The summed E-state index contributed by atoms with van der Waals surface area (Å²) in [5, 5.41) is 15.9. The molecule has 4 heteroatoms. The summed E-state index contributed by atoms with van der Waals surface area (Å²) >= 11 is 6.44. The number of aliphatic hydroxyl groups is 1. The Balaban J connectivity index is 2.14. The van der Waals surface area contributed by atoms with Gasteiger partial charge in [-0.05, 0) is 44.9 Å². The summed E-state index contributed by atoms with van der Waals surface area (Å²) in [4.78, 5) is 0. The lowest BCUT2D eigenvalue weighted by atomic mass is 9.79. The van der Waals surface area contributed by atoms with Crippen molar-refractivity contribution in [1.82, 2.24) is 9.78 Å². The highest BCUT2D eigenvalue weighted by Crippen LogP contribution is 2.32. The Bertz CT molecular complexity index is 521. The van der Waals surface area contributed by atoms with Crippen LogP contribution in [0.15, 0.2) is 11.6 Å². The lowest BCUT2D eigenvalue weighted by molar-refractivity contribution is 0.0913. The number of nitrogens with zero attached hydrogens (tertiary/aromatic N) is 2. The molecule has 0 amide bonds. The average molecular weight is 311 g/mol. The standard InChI is InChI=1S/C17H27ClN2O/c1-5-14-17(18)15(20(6-2)19-14)10-16(21)13-8-11(3)7-12(4)9-13/h7,11,13,16,21H,5-6,8-10H2,1-4H3. The Kier molecular flexibility index (Phi) is 5.50. The Morgan fingerprint density at radius 3 is 2.76 bits per heavy atom. The zero-order chi connectivity index (χ0) is 15.6. The summed E-state index contributed by atoms with van der Waals surface area (Å²) < 4.78 is 1.94. The summed E-state index contributed by atoms with van der Waals surface area (Å²) in [5.41, 5.74) is 3.32. The van der Waals surface area contributed by atoms with E-state index in [2.05, 4.69) is 38.9 Å². The molecule has 1 aromatic heterocycles. The second kappa shape index (κ2) is 6.97. The number of aryl methyl sites for hydroxylation is 2. The molecule has 1 aliphatic rings. The van der Waals surface area contributed by atoms with Gasteiger partial charge in [-0.2, -0.15) is 5.10 Å². The molecule has 1 N–H and O–H groups in total. The van der Waals surface area contributed by atoms with E-state index >= 15 is 0 Å². The second-order valence-electron chi connectivity index (χ2n) is 6.34. The first kappa shape index (κ1) is 16.6. The second-order valence-corrected chi connectivity index (χ2v) is 6.72. The topological polar surface area (TPSA) is 38.0 Å². The molecule has 0 aromatic carbocycles. The number of hydrogen-bond donors (Lipinski definition) is 1. The molecule has 3 atom stereocenters. The Morgan fingerprint density at radius 1 is 1.48 bits per heavy atom. The van der Waals surface area contributed by atoms with Crippen molar-refractivity contribution < 1.29 is 5.11 Å². The van der Waals surface area contributed by atoms with Crippen LogP contribution in [0.2, 0.25) is 5.02 Å². The molecular weight excluding hydrogens is 284 g/mol. The van der Waals surface area contributed by atoms with Crippen molar-refractivity contribution in [3.05, 3.63) is 28.1 Å². The minimum atomic E-state index is -0.347. The average Bonchev–Trinajstić information content (AvgIpc) is 2.74. The highest BCUT2D eigenvalue weighted by Gasteiger charge is 2.27. The molecule has 0 spiro atoms. The normalized spacial score (nSPS) is 24.0. The van der Waals surface area contributed by atoms with Gasteiger partial charge in [0, 0.05) is 13.0 Å². The fourth-order valence-electron chi connectivity index (χ4n) is 3.47. The number of halogens is 1. The maximum Gasteiger partial charge on any atom is 0.0850 e. The van der Waals surface area contributed by atoms with Gasteiger partial charge in [-0.15, -0.1) is 0 Å². The number of allylic oxidation sites excluding steroid dienone is 2. The van der Waals surface area contributed by atoms with Gasteiger partial charge in [-0.25, -0.2) is 0 Å². The van der Waals surface area contributed by atoms with Gasteiger partial charge in [-0.1, -0.05) is 37.1 Å². The largest absolute Gasteiger partial charge is 0.392 e. The minimum Gasteiger partial charge on any atom is -0.392 e. The van der Waals surface area contributed by atoms with E-state index in [-0.39, 0.29) is 6.10 Å². The van der Waals surface area contributed by atoms with E-state index in [9.17, 15) is 5.11 Å². The highest BCUT2D eigenvalue weighted by atomic mass is 35.5. The van der Waals surface area contributed by atoms with Crippen molar-refractivity contribution in [2.24, 2.45) is 11.8 Å². The lowest BCUT2D eigenvalue weighted by Crippen LogP contribution is -2.28. The highest BCUT2D eigenvalue weighted by molar-refractivity contribution is 6.31. The summed E-state index contributed by atoms with van der Waals surface area (Å²) in [5.74, 6) is 0.877. The van der Waals surface area contributed by atoms with Gasteiger partial charge < -0.3 is 5.11 Å². The molecule has 0 bridgehead atoms. The van der Waals surface area contributed by atoms with Crippen molar-refractivity contribution in [1.29, 1.82) is 0 Å². The first-order valence-corrected chi connectivity index (χ1v) is 8.43. The van der Waals surface area contributed by atoms with Crippen LogP contribution in [0.3, 0.4) is 0 Å². The lowest BCUT2D eigenvalue weighted by Gasteiger charge is -2.29. The fourth-order valence-corrected chi connectivity index (χ4v) is 3.81. The molecule has 0 radical (unpaired) electrons. The zero-order valence-corrected chi connectivity index (χ0v) is 14.3. The van der Waals surface area contributed by atoms with Gasteiger partial charge in [0.05, 0.1) is 22.5 Å². The van der Waals surface area contributed by atoms with Crippen molar-refractivity contribution in [2.75, 3.05) is 0 Å². The molecule has 0 saturated heterocycles. The van der Waals surface area contributed by atoms with Crippen LogP contribution < -0.4 is 0 Å². The van der Waals surface area contributed by atoms with E-state index in [1.54, 1.807) is 0 Å². The molecule has 118 valence electrons. The molecule has 2 rings (SSSR count). The van der Waals surface area contributed by atoms with Crippen molar-refractivity contribution in [2.45, 2.75) is 66.0 Å². The van der Waals surface area contributed by atoms with Gasteiger partial charge >= 0.3 is 0 Å². The van der Waals surface area contributed by atoms with Gasteiger partial charge in [0.15, 0.2) is 0 Å². The summed E-state index contributed by atoms with van der Waals surface area (Å²) in [7, 11) is 0. The number of hydrogen-bond acceptors (Lipinski definition) is 2. The summed E-state index contributed by atoms with van der Waals surface area (Å²) in [6.45, 7) is 9.30. The van der Waals surface area contributed by atoms with Crippen LogP contribution in [0.25, 0.3) is 0 Å². The van der Waals surface area contributed by atoms with E-state index in [1.165, 1.54) is 5.57 Å². The van der Waals surface area contributed by atoms with E-state index < -0.39 is 0 Å². The van der Waals surface area contributed by atoms with Crippen LogP contribution in [0.1, 0.15) is 51.9 Å². The molecule has 0 fully saturated rings. The SMILES string of the molecule is CCc1nn(CC)c(CC(O)C2CC(C)=CC(C)C2)c1Cl. The fraction of sp³-hybridized carbons (Fsp3) is 0.706. The maximum atomic E-state index is 10.7. The Labute approximate surface area is 133 Å². The van der Waals surface area contributed by atoms with Crippen LogP contribution in [0, 0.1) is 11.8 Å².